The van der Waals surface area contributed by atoms with Gasteiger partial charge >= 0.3 is 0 Å². The molecule has 0 aliphatic carbocycles. The third-order valence-electron chi connectivity index (χ3n) is 3.60. The number of benzene rings is 2. The van der Waals surface area contributed by atoms with E-state index in [2.05, 4.69) is 50.4 Å². The van der Waals surface area contributed by atoms with E-state index in [4.69, 9.17) is 4.74 Å². The average molecular weight is 269 g/mol. The molecule has 0 saturated heterocycles. The molecule has 0 aliphatic heterocycles. The number of nitrogens with one attached hydrogen (secondary N) is 1. The van der Waals surface area contributed by atoms with Gasteiger partial charge in [-0.05, 0) is 45.0 Å². The molecule has 0 heterocycles. The van der Waals surface area contributed by atoms with E-state index in [9.17, 15) is 0 Å². The summed E-state index contributed by atoms with van der Waals surface area (Å²) in [6.07, 6.45) is 1.03. The number of hydrogen-bond acceptors (Lipinski definition) is 2. The third-order valence-corrected chi connectivity index (χ3v) is 3.60. The first-order valence-corrected chi connectivity index (χ1v) is 7.17. The maximum Gasteiger partial charge on any atom is 0.132 e. The highest BCUT2D eigenvalue weighted by Gasteiger charge is 2.13. The lowest BCUT2D eigenvalue weighted by atomic mass is 10.0. The highest BCUT2D eigenvalue weighted by molar-refractivity contribution is 5.43. The fraction of sp³-hybridized carbons (Fsp3) is 0.333. The van der Waals surface area contributed by atoms with E-state index in [1.807, 2.05) is 25.2 Å². The van der Waals surface area contributed by atoms with Gasteiger partial charge in [0.05, 0.1) is 0 Å². The summed E-state index contributed by atoms with van der Waals surface area (Å²) in [6, 6.07) is 14.8. The van der Waals surface area contributed by atoms with Crippen molar-refractivity contribution in [1.82, 2.24) is 5.32 Å². The van der Waals surface area contributed by atoms with Crippen LogP contribution in [0.25, 0.3) is 0 Å². The van der Waals surface area contributed by atoms with E-state index in [0.717, 1.165) is 23.5 Å². The molecule has 0 amide bonds. The molecule has 0 aliphatic rings. The molecule has 0 spiro atoms. The van der Waals surface area contributed by atoms with E-state index in [0.29, 0.717) is 6.04 Å². The van der Waals surface area contributed by atoms with Gasteiger partial charge in [-0.3, -0.25) is 0 Å². The minimum Gasteiger partial charge on any atom is -0.457 e. The lowest BCUT2D eigenvalue weighted by Crippen LogP contribution is -2.15. The number of para-hydroxylation sites is 1. The van der Waals surface area contributed by atoms with Gasteiger partial charge in [0.1, 0.15) is 11.5 Å². The summed E-state index contributed by atoms with van der Waals surface area (Å²) in [5.74, 6) is 1.86. The first kappa shape index (κ1) is 14.6. The smallest absolute Gasteiger partial charge is 0.132 e. The van der Waals surface area contributed by atoms with Gasteiger partial charge in [-0.2, -0.15) is 0 Å². The zero-order valence-electron chi connectivity index (χ0n) is 12.7. The molecule has 0 fully saturated rings. The molecular weight excluding hydrogens is 246 g/mol. The number of aryl methyl sites for hydroxylation is 2. The minimum absolute atomic E-state index is 0.317. The number of ether oxygens (including phenoxy) is 1. The Morgan fingerprint density at radius 1 is 1.05 bits per heavy atom. The van der Waals surface area contributed by atoms with E-state index < -0.39 is 0 Å². The molecule has 1 N–H and O–H groups in total. The van der Waals surface area contributed by atoms with Crippen LogP contribution in [0.4, 0.5) is 0 Å². The van der Waals surface area contributed by atoms with E-state index in [1.165, 1.54) is 11.1 Å². The second kappa shape index (κ2) is 6.58. The SMILES string of the molecule is CCC(NC)c1ccccc1Oc1ccc(C)cc1C. The molecule has 2 rings (SSSR count). The quantitative estimate of drug-likeness (QED) is 0.844. The molecule has 0 aromatic heterocycles. The van der Waals surface area contributed by atoms with Gasteiger partial charge < -0.3 is 10.1 Å². The van der Waals surface area contributed by atoms with Crippen molar-refractivity contribution in [2.24, 2.45) is 0 Å². The second-order valence-corrected chi connectivity index (χ2v) is 5.16. The van der Waals surface area contributed by atoms with Gasteiger partial charge in [0.25, 0.3) is 0 Å². The monoisotopic (exact) mass is 269 g/mol. The topological polar surface area (TPSA) is 21.3 Å². The van der Waals surface area contributed by atoms with Crippen LogP contribution in [0.3, 0.4) is 0 Å². The first-order valence-electron chi connectivity index (χ1n) is 7.17. The third kappa shape index (κ3) is 3.20. The van der Waals surface area contributed by atoms with Gasteiger partial charge in [0.15, 0.2) is 0 Å². The largest absolute Gasteiger partial charge is 0.457 e. The maximum atomic E-state index is 6.14. The van der Waals surface area contributed by atoms with Crippen LogP contribution in [0.5, 0.6) is 11.5 Å². The molecule has 106 valence electrons. The average Bonchev–Trinajstić information content (AvgIpc) is 2.45. The van der Waals surface area contributed by atoms with Gasteiger partial charge in [-0.1, -0.05) is 42.8 Å². The Labute approximate surface area is 121 Å². The lowest BCUT2D eigenvalue weighted by Gasteiger charge is -2.19. The van der Waals surface area contributed by atoms with E-state index in [1.54, 1.807) is 0 Å². The fourth-order valence-corrected chi connectivity index (χ4v) is 2.47. The molecule has 2 heteroatoms. The van der Waals surface area contributed by atoms with Crippen LogP contribution < -0.4 is 10.1 Å². The highest BCUT2D eigenvalue weighted by atomic mass is 16.5. The summed E-state index contributed by atoms with van der Waals surface area (Å²) in [5.41, 5.74) is 3.62. The molecule has 2 nitrogen and oxygen atoms in total. The zero-order chi connectivity index (χ0) is 14.5. The Balaban J connectivity index is 2.33. The molecule has 2 aromatic rings. The predicted molar refractivity (Wildman–Crippen MR) is 84.5 cm³/mol. The lowest BCUT2D eigenvalue weighted by molar-refractivity contribution is 0.456. The molecule has 2 aromatic carbocycles. The van der Waals surface area contributed by atoms with Crippen LogP contribution in [0, 0.1) is 13.8 Å². The molecule has 0 radical (unpaired) electrons. The Kier molecular flexibility index (Phi) is 4.80. The normalized spacial score (nSPS) is 12.2. The molecule has 0 saturated carbocycles. The predicted octanol–water partition coefficient (Wildman–Crippen LogP) is 4.77. The first-order chi connectivity index (χ1) is 9.65. The van der Waals surface area contributed by atoms with Crippen LogP contribution in [-0.2, 0) is 0 Å². The summed E-state index contributed by atoms with van der Waals surface area (Å²) >= 11 is 0. The number of hydrogen-bond donors (Lipinski definition) is 1. The Morgan fingerprint density at radius 3 is 2.45 bits per heavy atom. The van der Waals surface area contributed by atoms with Crippen LogP contribution in [0.15, 0.2) is 42.5 Å². The van der Waals surface area contributed by atoms with Crippen LogP contribution >= 0.6 is 0 Å². The maximum absolute atomic E-state index is 6.14. The van der Waals surface area contributed by atoms with Crippen molar-refractivity contribution >= 4 is 0 Å². The summed E-state index contributed by atoms with van der Waals surface area (Å²) in [4.78, 5) is 0. The van der Waals surface area contributed by atoms with Gasteiger partial charge in [-0.15, -0.1) is 0 Å². The van der Waals surface area contributed by atoms with Gasteiger partial charge in [0.2, 0.25) is 0 Å². The zero-order valence-corrected chi connectivity index (χ0v) is 12.7. The van der Waals surface area contributed by atoms with E-state index >= 15 is 0 Å². The Morgan fingerprint density at radius 2 is 1.80 bits per heavy atom. The van der Waals surface area contributed by atoms with E-state index in [-0.39, 0.29) is 0 Å². The molecule has 0 bridgehead atoms. The van der Waals surface area contributed by atoms with Crippen molar-refractivity contribution in [2.45, 2.75) is 33.2 Å². The van der Waals surface area contributed by atoms with Crippen molar-refractivity contribution in [3.8, 4) is 11.5 Å². The van der Waals surface area contributed by atoms with Crippen molar-refractivity contribution in [2.75, 3.05) is 7.05 Å². The summed E-state index contributed by atoms with van der Waals surface area (Å²) < 4.78 is 6.14. The van der Waals surface area contributed by atoms with Crippen LogP contribution in [0.2, 0.25) is 0 Å². The van der Waals surface area contributed by atoms with Gasteiger partial charge in [0, 0.05) is 11.6 Å². The summed E-state index contributed by atoms with van der Waals surface area (Å²) in [6.45, 7) is 6.36. The number of rotatable bonds is 5. The van der Waals surface area contributed by atoms with Crippen LogP contribution in [-0.4, -0.2) is 7.05 Å². The van der Waals surface area contributed by atoms with Crippen molar-refractivity contribution < 1.29 is 4.74 Å². The standard InChI is InChI=1S/C18H23NO/c1-5-16(19-4)15-8-6-7-9-18(15)20-17-11-10-13(2)12-14(17)3/h6-12,16,19H,5H2,1-4H3. The highest BCUT2D eigenvalue weighted by Crippen LogP contribution is 2.32. The minimum atomic E-state index is 0.317. The fourth-order valence-electron chi connectivity index (χ4n) is 2.47. The summed E-state index contributed by atoms with van der Waals surface area (Å²) in [7, 11) is 1.99. The second-order valence-electron chi connectivity index (χ2n) is 5.16. The van der Waals surface area contributed by atoms with Crippen LogP contribution in [0.1, 0.15) is 36.1 Å². The van der Waals surface area contributed by atoms with Crippen molar-refractivity contribution in [3.05, 3.63) is 59.2 Å². The molecule has 1 atom stereocenters. The molecule has 1 unspecified atom stereocenters. The Bertz CT molecular complexity index is 573. The summed E-state index contributed by atoms with van der Waals surface area (Å²) in [5, 5.41) is 3.34. The van der Waals surface area contributed by atoms with Crippen molar-refractivity contribution in [1.29, 1.82) is 0 Å². The molecular formula is C18H23NO. The molecule has 20 heavy (non-hydrogen) atoms. The van der Waals surface area contributed by atoms with Crippen molar-refractivity contribution in [3.63, 3.8) is 0 Å². The van der Waals surface area contributed by atoms with Gasteiger partial charge in [-0.25, -0.2) is 0 Å². The Hall–Kier alpha value is -1.80.